The molecule has 0 bridgehead atoms. The maximum atomic E-state index is 11.8. The number of benzene rings is 1. The van der Waals surface area contributed by atoms with Crippen LogP contribution in [0.4, 0.5) is 5.69 Å². The van der Waals surface area contributed by atoms with Crippen LogP contribution < -0.4 is 16.4 Å². The van der Waals surface area contributed by atoms with E-state index in [-0.39, 0.29) is 24.4 Å². The van der Waals surface area contributed by atoms with E-state index in [2.05, 4.69) is 10.6 Å². The monoisotopic (exact) mass is 293 g/mol. The predicted octanol–water partition coefficient (Wildman–Crippen LogP) is 1.01. The van der Waals surface area contributed by atoms with Crippen LogP contribution in [0.2, 0.25) is 0 Å². The van der Waals surface area contributed by atoms with Crippen LogP contribution in [0.5, 0.6) is 0 Å². The van der Waals surface area contributed by atoms with Gasteiger partial charge in [0, 0.05) is 23.0 Å². The molecule has 1 atom stereocenters. The van der Waals surface area contributed by atoms with Gasteiger partial charge in [-0.15, -0.1) is 0 Å². The number of nitrogen functional groups attached to an aromatic ring is 1. The Kier molecular flexibility index (Phi) is 5.29. The van der Waals surface area contributed by atoms with Crippen molar-refractivity contribution in [3.63, 3.8) is 0 Å². The Balaban J connectivity index is 1.75. The first kappa shape index (κ1) is 14.7. The smallest absolute Gasteiger partial charge is 0.251 e. The van der Waals surface area contributed by atoms with E-state index in [0.29, 0.717) is 11.3 Å². The Labute approximate surface area is 122 Å². The lowest BCUT2D eigenvalue weighted by Crippen LogP contribution is -2.43. The number of hydrogen-bond acceptors (Lipinski definition) is 4. The highest BCUT2D eigenvalue weighted by molar-refractivity contribution is 7.99. The molecule has 1 unspecified atom stereocenters. The van der Waals surface area contributed by atoms with E-state index in [0.717, 1.165) is 18.6 Å². The van der Waals surface area contributed by atoms with Crippen molar-refractivity contribution in [2.24, 2.45) is 0 Å². The van der Waals surface area contributed by atoms with Gasteiger partial charge in [0.1, 0.15) is 0 Å². The molecule has 6 heteroatoms. The lowest BCUT2D eigenvalue weighted by Gasteiger charge is -2.22. The third kappa shape index (κ3) is 4.45. The van der Waals surface area contributed by atoms with Gasteiger partial charge in [-0.3, -0.25) is 9.59 Å². The lowest BCUT2D eigenvalue weighted by atomic mass is 10.2. The maximum Gasteiger partial charge on any atom is 0.251 e. The van der Waals surface area contributed by atoms with Crippen molar-refractivity contribution in [1.82, 2.24) is 10.6 Å². The van der Waals surface area contributed by atoms with Gasteiger partial charge in [0.2, 0.25) is 5.91 Å². The molecule has 4 N–H and O–H groups in total. The molecule has 5 nitrogen and oxygen atoms in total. The topological polar surface area (TPSA) is 84.2 Å². The Bertz CT molecular complexity index is 470. The number of rotatable bonds is 4. The first-order chi connectivity index (χ1) is 9.65. The van der Waals surface area contributed by atoms with E-state index in [1.54, 1.807) is 24.3 Å². The zero-order valence-electron chi connectivity index (χ0n) is 11.2. The number of carbonyl (C=O) groups excluding carboxylic acids is 2. The predicted molar refractivity (Wildman–Crippen MR) is 81.7 cm³/mol. The highest BCUT2D eigenvalue weighted by atomic mass is 32.2. The van der Waals surface area contributed by atoms with Gasteiger partial charge in [-0.05, 0) is 42.9 Å². The summed E-state index contributed by atoms with van der Waals surface area (Å²) in [5.74, 6) is 1.72. The van der Waals surface area contributed by atoms with Gasteiger partial charge in [0.05, 0.1) is 6.54 Å². The Hall–Kier alpha value is -1.69. The average Bonchev–Trinajstić information content (AvgIpc) is 2.46. The Morgan fingerprint density at radius 2 is 2.05 bits per heavy atom. The largest absolute Gasteiger partial charge is 0.399 e. The molecule has 0 saturated carbocycles. The Morgan fingerprint density at radius 3 is 2.70 bits per heavy atom. The summed E-state index contributed by atoms with van der Waals surface area (Å²) in [7, 11) is 0. The minimum Gasteiger partial charge on any atom is -0.399 e. The zero-order chi connectivity index (χ0) is 14.4. The van der Waals surface area contributed by atoms with Gasteiger partial charge >= 0.3 is 0 Å². The van der Waals surface area contributed by atoms with Crippen LogP contribution in [0.15, 0.2) is 24.3 Å². The van der Waals surface area contributed by atoms with Gasteiger partial charge in [0.15, 0.2) is 0 Å². The van der Waals surface area contributed by atoms with E-state index in [9.17, 15) is 9.59 Å². The third-order valence-electron chi connectivity index (χ3n) is 3.11. The van der Waals surface area contributed by atoms with Crippen LogP contribution in [0.1, 0.15) is 23.2 Å². The van der Waals surface area contributed by atoms with Gasteiger partial charge < -0.3 is 16.4 Å². The third-order valence-corrected chi connectivity index (χ3v) is 4.32. The van der Waals surface area contributed by atoms with Crippen LogP contribution in [-0.2, 0) is 4.79 Å². The van der Waals surface area contributed by atoms with Crippen LogP contribution in [0, 0.1) is 0 Å². The van der Waals surface area contributed by atoms with E-state index >= 15 is 0 Å². The van der Waals surface area contributed by atoms with Gasteiger partial charge in [0.25, 0.3) is 5.91 Å². The first-order valence-electron chi connectivity index (χ1n) is 6.66. The molecule has 20 heavy (non-hydrogen) atoms. The summed E-state index contributed by atoms with van der Waals surface area (Å²) in [6, 6.07) is 6.83. The molecule has 2 amide bonds. The van der Waals surface area contributed by atoms with Crippen LogP contribution in [0.25, 0.3) is 0 Å². The zero-order valence-corrected chi connectivity index (χ0v) is 12.0. The lowest BCUT2D eigenvalue weighted by molar-refractivity contribution is -0.120. The molecule has 2 rings (SSSR count). The second kappa shape index (κ2) is 7.19. The molecule has 1 aliphatic heterocycles. The summed E-state index contributed by atoms with van der Waals surface area (Å²) in [6.45, 7) is 0.00434. The summed E-state index contributed by atoms with van der Waals surface area (Å²) in [6.07, 6.45) is 2.15. The van der Waals surface area contributed by atoms with Crippen molar-refractivity contribution < 1.29 is 9.59 Å². The summed E-state index contributed by atoms with van der Waals surface area (Å²) in [4.78, 5) is 23.6. The number of thioether (sulfide) groups is 1. The molecule has 0 aliphatic carbocycles. The molecule has 1 aliphatic rings. The Morgan fingerprint density at radius 1 is 1.30 bits per heavy atom. The minimum absolute atomic E-state index is 0.00434. The number of anilines is 1. The van der Waals surface area contributed by atoms with Crippen molar-refractivity contribution in [2.45, 2.75) is 18.9 Å². The van der Waals surface area contributed by atoms with Crippen molar-refractivity contribution in [3.8, 4) is 0 Å². The molecule has 1 heterocycles. The minimum atomic E-state index is -0.266. The number of nitrogens with two attached hydrogens (primary N) is 1. The molecule has 0 spiro atoms. The fraction of sp³-hybridized carbons (Fsp3) is 0.429. The number of nitrogens with one attached hydrogen (secondary N) is 2. The molecule has 1 aromatic rings. The SMILES string of the molecule is Nc1ccc(C(=O)NCC(=O)NC2CCCSC2)cc1. The fourth-order valence-electron chi connectivity index (χ4n) is 2.03. The summed E-state index contributed by atoms with van der Waals surface area (Å²) >= 11 is 1.85. The van der Waals surface area contributed by atoms with Gasteiger partial charge in [-0.2, -0.15) is 11.8 Å². The van der Waals surface area contributed by atoms with Crippen molar-refractivity contribution >= 4 is 29.3 Å². The molecular formula is C14H19N3O2S. The normalized spacial score (nSPS) is 18.3. The second-order valence-electron chi connectivity index (χ2n) is 4.79. The molecule has 0 aromatic heterocycles. The van der Waals surface area contributed by atoms with E-state index in [1.165, 1.54) is 5.75 Å². The second-order valence-corrected chi connectivity index (χ2v) is 5.94. The van der Waals surface area contributed by atoms with Crippen LogP contribution in [-0.4, -0.2) is 35.9 Å². The molecule has 0 radical (unpaired) electrons. The van der Waals surface area contributed by atoms with Crippen LogP contribution >= 0.6 is 11.8 Å². The molecule has 108 valence electrons. The molecular weight excluding hydrogens is 274 g/mol. The van der Waals surface area contributed by atoms with Crippen molar-refractivity contribution in [1.29, 1.82) is 0 Å². The number of hydrogen-bond donors (Lipinski definition) is 3. The van der Waals surface area contributed by atoms with E-state index in [1.807, 2.05) is 11.8 Å². The van der Waals surface area contributed by atoms with Crippen LogP contribution in [0.3, 0.4) is 0 Å². The highest BCUT2D eigenvalue weighted by Gasteiger charge is 2.16. The van der Waals surface area contributed by atoms with Gasteiger partial charge in [-0.25, -0.2) is 0 Å². The standard InChI is InChI=1S/C14H19N3O2S/c15-11-5-3-10(4-6-11)14(19)16-8-13(18)17-12-2-1-7-20-9-12/h3-6,12H,1-2,7-9,15H2,(H,16,19)(H,17,18). The summed E-state index contributed by atoms with van der Waals surface area (Å²) in [5, 5.41) is 5.55. The number of amides is 2. The first-order valence-corrected chi connectivity index (χ1v) is 7.81. The average molecular weight is 293 g/mol. The highest BCUT2D eigenvalue weighted by Crippen LogP contribution is 2.16. The molecule has 1 saturated heterocycles. The molecule has 1 fully saturated rings. The van der Waals surface area contributed by atoms with E-state index in [4.69, 9.17) is 5.73 Å². The molecule has 1 aromatic carbocycles. The maximum absolute atomic E-state index is 11.8. The summed E-state index contributed by atoms with van der Waals surface area (Å²) < 4.78 is 0. The summed E-state index contributed by atoms with van der Waals surface area (Å²) in [5.41, 5.74) is 6.66. The van der Waals surface area contributed by atoms with Gasteiger partial charge in [-0.1, -0.05) is 0 Å². The van der Waals surface area contributed by atoms with E-state index < -0.39 is 0 Å². The quantitative estimate of drug-likeness (QED) is 0.723. The van der Waals surface area contributed by atoms with Crippen molar-refractivity contribution in [3.05, 3.63) is 29.8 Å². The van der Waals surface area contributed by atoms with Crippen molar-refractivity contribution in [2.75, 3.05) is 23.8 Å². The number of carbonyl (C=O) groups is 2. The fourth-order valence-corrected chi connectivity index (χ4v) is 3.10.